The van der Waals surface area contributed by atoms with E-state index in [1.165, 1.54) is 12.0 Å². The second-order valence-corrected chi connectivity index (χ2v) is 5.55. The fraction of sp³-hybridized carbons (Fsp3) is 0.846. The van der Waals surface area contributed by atoms with Gasteiger partial charge in [-0.3, -0.25) is 0 Å². The molecule has 0 spiro atoms. The first-order valence-corrected chi connectivity index (χ1v) is 6.13. The highest BCUT2D eigenvalue weighted by atomic mass is 16.3. The summed E-state index contributed by atoms with van der Waals surface area (Å²) < 4.78 is 0. The Bertz CT molecular complexity index is 246. The lowest BCUT2D eigenvalue weighted by Crippen LogP contribution is -2.50. The van der Waals surface area contributed by atoms with Crippen LogP contribution >= 0.6 is 0 Å². The van der Waals surface area contributed by atoms with Crippen LogP contribution in [0, 0.1) is 11.8 Å². The van der Waals surface area contributed by atoms with Gasteiger partial charge in [-0.15, -0.1) is 0 Å². The van der Waals surface area contributed by atoms with E-state index in [0.717, 1.165) is 13.0 Å². The minimum atomic E-state index is -0.543. The number of allylic oxidation sites excluding steroid dienone is 2. The molecule has 0 heterocycles. The molecule has 1 aliphatic carbocycles. The van der Waals surface area contributed by atoms with Gasteiger partial charge in [0.2, 0.25) is 0 Å². The van der Waals surface area contributed by atoms with Crippen molar-refractivity contribution in [3.05, 3.63) is 11.6 Å². The Labute approximate surface area is 98.6 Å². The zero-order chi connectivity index (χ0) is 12.2. The summed E-state index contributed by atoms with van der Waals surface area (Å²) in [6.45, 7) is 7.09. The van der Waals surface area contributed by atoms with Crippen LogP contribution in [0.1, 0.15) is 33.6 Å². The molecule has 0 amide bonds. The summed E-state index contributed by atoms with van der Waals surface area (Å²) in [5, 5.41) is 21.6. The average Bonchev–Trinajstić information content (AvgIpc) is 2.25. The third kappa shape index (κ3) is 3.89. The van der Waals surface area contributed by atoms with Crippen LogP contribution in [-0.4, -0.2) is 35.5 Å². The SMILES string of the molecule is CC1=CC(C)CC(CNC(C)(CO)CO)C1. The van der Waals surface area contributed by atoms with E-state index < -0.39 is 5.54 Å². The van der Waals surface area contributed by atoms with Gasteiger partial charge in [-0.1, -0.05) is 18.6 Å². The molecule has 0 radical (unpaired) electrons. The summed E-state index contributed by atoms with van der Waals surface area (Å²) in [4.78, 5) is 0. The first kappa shape index (κ1) is 13.7. The van der Waals surface area contributed by atoms with Crippen molar-refractivity contribution in [2.75, 3.05) is 19.8 Å². The molecule has 0 saturated heterocycles. The lowest BCUT2D eigenvalue weighted by molar-refractivity contribution is 0.0991. The quantitative estimate of drug-likeness (QED) is 0.621. The third-order valence-electron chi connectivity index (χ3n) is 3.40. The second kappa shape index (κ2) is 5.80. The maximum atomic E-state index is 9.18. The minimum absolute atomic E-state index is 0.0272. The molecule has 0 aliphatic heterocycles. The fourth-order valence-electron chi connectivity index (χ4n) is 2.39. The Balaban J connectivity index is 2.42. The Hall–Kier alpha value is -0.380. The molecule has 2 unspecified atom stereocenters. The van der Waals surface area contributed by atoms with E-state index in [0.29, 0.717) is 11.8 Å². The smallest absolute Gasteiger partial charge is 0.0633 e. The van der Waals surface area contributed by atoms with Gasteiger partial charge < -0.3 is 15.5 Å². The Kier molecular flexibility index (Phi) is 4.96. The number of hydrogen-bond donors (Lipinski definition) is 3. The van der Waals surface area contributed by atoms with Gasteiger partial charge in [0.1, 0.15) is 0 Å². The van der Waals surface area contributed by atoms with Crippen molar-refractivity contribution >= 4 is 0 Å². The summed E-state index contributed by atoms with van der Waals surface area (Å²) in [6.07, 6.45) is 4.66. The van der Waals surface area contributed by atoms with Gasteiger partial charge >= 0.3 is 0 Å². The van der Waals surface area contributed by atoms with E-state index in [4.69, 9.17) is 0 Å². The van der Waals surface area contributed by atoms with Crippen LogP contribution in [0.5, 0.6) is 0 Å². The zero-order valence-corrected chi connectivity index (χ0v) is 10.7. The van der Waals surface area contributed by atoms with Crippen LogP contribution in [0.2, 0.25) is 0 Å². The van der Waals surface area contributed by atoms with Crippen molar-refractivity contribution in [2.24, 2.45) is 11.8 Å². The van der Waals surface area contributed by atoms with E-state index in [-0.39, 0.29) is 13.2 Å². The third-order valence-corrected chi connectivity index (χ3v) is 3.40. The van der Waals surface area contributed by atoms with Crippen LogP contribution in [-0.2, 0) is 0 Å². The van der Waals surface area contributed by atoms with Gasteiger partial charge in [0.15, 0.2) is 0 Å². The highest BCUT2D eigenvalue weighted by Crippen LogP contribution is 2.27. The molecule has 0 aromatic carbocycles. The molecule has 3 nitrogen and oxygen atoms in total. The van der Waals surface area contributed by atoms with Gasteiger partial charge in [-0.2, -0.15) is 0 Å². The highest BCUT2D eigenvalue weighted by Gasteiger charge is 2.24. The zero-order valence-electron chi connectivity index (χ0n) is 10.7. The van der Waals surface area contributed by atoms with E-state index in [1.807, 2.05) is 6.92 Å². The van der Waals surface area contributed by atoms with Crippen molar-refractivity contribution in [1.82, 2.24) is 5.32 Å². The maximum absolute atomic E-state index is 9.18. The van der Waals surface area contributed by atoms with Crippen molar-refractivity contribution in [1.29, 1.82) is 0 Å². The van der Waals surface area contributed by atoms with Crippen LogP contribution in [0.25, 0.3) is 0 Å². The molecule has 0 bridgehead atoms. The Morgan fingerprint density at radius 1 is 1.44 bits per heavy atom. The van der Waals surface area contributed by atoms with E-state index in [2.05, 4.69) is 25.2 Å². The molecule has 16 heavy (non-hydrogen) atoms. The summed E-state index contributed by atoms with van der Waals surface area (Å²) >= 11 is 0. The number of aliphatic hydroxyl groups is 2. The first-order valence-electron chi connectivity index (χ1n) is 6.13. The lowest BCUT2D eigenvalue weighted by Gasteiger charge is -2.31. The lowest BCUT2D eigenvalue weighted by atomic mass is 9.83. The Morgan fingerprint density at radius 3 is 2.56 bits per heavy atom. The van der Waals surface area contributed by atoms with E-state index in [1.54, 1.807) is 0 Å². The van der Waals surface area contributed by atoms with Gasteiger partial charge in [0.05, 0.1) is 18.8 Å². The summed E-state index contributed by atoms with van der Waals surface area (Å²) in [7, 11) is 0. The van der Waals surface area contributed by atoms with Crippen molar-refractivity contribution in [3.63, 3.8) is 0 Å². The summed E-state index contributed by atoms with van der Waals surface area (Å²) in [5.74, 6) is 1.27. The molecule has 3 N–H and O–H groups in total. The predicted octanol–water partition coefficient (Wildman–Crippen LogP) is 1.31. The molecule has 0 aromatic rings. The number of nitrogens with one attached hydrogen (secondary N) is 1. The highest BCUT2D eigenvalue weighted by molar-refractivity contribution is 5.06. The fourth-order valence-corrected chi connectivity index (χ4v) is 2.39. The Morgan fingerprint density at radius 2 is 2.06 bits per heavy atom. The predicted molar refractivity (Wildman–Crippen MR) is 66.2 cm³/mol. The molecule has 0 saturated carbocycles. The normalized spacial score (nSPS) is 26.7. The molecular formula is C13H25NO2. The van der Waals surface area contributed by atoms with E-state index in [9.17, 15) is 10.2 Å². The summed E-state index contributed by atoms with van der Waals surface area (Å²) in [6, 6.07) is 0. The van der Waals surface area contributed by atoms with Crippen LogP contribution in [0.4, 0.5) is 0 Å². The average molecular weight is 227 g/mol. The van der Waals surface area contributed by atoms with Gasteiger partial charge in [0, 0.05) is 0 Å². The van der Waals surface area contributed by atoms with E-state index >= 15 is 0 Å². The van der Waals surface area contributed by atoms with Gasteiger partial charge in [0.25, 0.3) is 0 Å². The first-order chi connectivity index (χ1) is 7.49. The number of rotatable bonds is 5. The minimum Gasteiger partial charge on any atom is -0.394 e. The summed E-state index contributed by atoms with van der Waals surface area (Å²) in [5.41, 5.74) is 0.915. The topological polar surface area (TPSA) is 52.5 Å². The van der Waals surface area contributed by atoms with Crippen LogP contribution < -0.4 is 5.32 Å². The van der Waals surface area contributed by atoms with Gasteiger partial charge in [-0.05, 0) is 45.1 Å². The molecular weight excluding hydrogens is 202 g/mol. The molecule has 1 aliphatic rings. The largest absolute Gasteiger partial charge is 0.394 e. The van der Waals surface area contributed by atoms with Crippen LogP contribution in [0.3, 0.4) is 0 Å². The van der Waals surface area contributed by atoms with Crippen molar-refractivity contribution in [3.8, 4) is 0 Å². The monoisotopic (exact) mass is 227 g/mol. The second-order valence-electron chi connectivity index (χ2n) is 5.55. The number of hydrogen-bond acceptors (Lipinski definition) is 3. The van der Waals surface area contributed by atoms with Crippen LogP contribution in [0.15, 0.2) is 11.6 Å². The maximum Gasteiger partial charge on any atom is 0.0633 e. The van der Waals surface area contributed by atoms with Gasteiger partial charge in [-0.25, -0.2) is 0 Å². The number of aliphatic hydroxyl groups excluding tert-OH is 2. The van der Waals surface area contributed by atoms with Crippen molar-refractivity contribution in [2.45, 2.75) is 39.2 Å². The molecule has 0 aromatic heterocycles. The molecule has 2 atom stereocenters. The molecule has 3 heteroatoms. The molecule has 94 valence electrons. The van der Waals surface area contributed by atoms with Crippen molar-refractivity contribution < 1.29 is 10.2 Å². The molecule has 0 fully saturated rings. The molecule has 1 rings (SSSR count). The standard InChI is InChI=1S/C13H25NO2/c1-10-4-11(2)6-12(5-10)7-14-13(3,8-15)9-16/h4,10,12,14-16H,5-9H2,1-3H3.